The van der Waals surface area contributed by atoms with Gasteiger partial charge in [0.05, 0.1) is 11.7 Å². The Kier molecular flexibility index (Phi) is 5.42. The highest BCUT2D eigenvalue weighted by Gasteiger charge is 2.30. The fraction of sp³-hybridized carbons (Fsp3) is 0.200. The summed E-state index contributed by atoms with van der Waals surface area (Å²) >= 11 is 3.41. The maximum absolute atomic E-state index is 12.6. The van der Waals surface area contributed by atoms with E-state index in [4.69, 9.17) is 0 Å². The van der Waals surface area contributed by atoms with E-state index < -0.39 is 5.97 Å². The zero-order valence-corrected chi connectivity index (χ0v) is 15.8. The molecule has 1 aliphatic heterocycles. The van der Waals surface area contributed by atoms with Gasteiger partial charge in [-0.2, -0.15) is 0 Å². The van der Waals surface area contributed by atoms with E-state index in [1.54, 1.807) is 0 Å². The van der Waals surface area contributed by atoms with Crippen molar-refractivity contribution in [2.24, 2.45) is 0 Å². The maximum Gasteiger partial charge on any atom is 0.242 e. The number of carboxylic acids is 1. The van der Waals surface area contributed by atoms with Gasteiger partial charge >= 0.3 is 0 Å². The number of hydrazine groups is 1. The van der Waals surface area contributed by atoms with E-state index >= 15 is 0 Å². The second kappa shape index (κ2) is 7.74. The van der Waals surface area contributed by atoms with Crippen LogP contribution >= 0.6 is 15.9 Å². The van der Waals surface area contributed by atoms with E-state index in [1.807, 2.05) is 61.5 Å². The number of halogens is 1. The Morgan fingerprint density at radius 3 is 2.35 bits per heavy atom. The highest BCUT2D eigenvalue weighted by atomic mass is 79.9. The van der Waals surface area contributed by atoms with E-state index in [1.165, 1.54) is 5.01 Å². The van der Waals surface area contributed by atoms with Crippen LogP contribution in [0.25, 0.3) is 5.70 Å². The van der Waals surface area contributed by atoms with Crippen LogP contribution in [0.2, 0.25) is 0 Å². The van der Waals surface area contributed by atoms with Gasteiger partial charge in [-0.1, -0.05) is 57.9 Å². The van der Waals surface area contributed by atoms with Crippen LogP contribution in [0, 0.1) is 6.92 Å². The summed E-state index contributed by atoms with van der Waals surface area (Å²) in [5.41, 5.74) is 7.00. The number of hydrogen-bond donors (Lipinski definition) is 1. The molecule has 0 aliphatic carbocycles. The molecule has 0 aromatic heterocycles. The summed E-state index contributed by atoms with van der Waals surface area (Å²) in [6, 6.07) is 15.4. The molecule has 1 N–H and O–H groups in total. The van der Waals surface area contributed by atoms with E-state index in [2.05, 4.69) is 21.4 Å². The second-order valence-electron chi connectivity index (χ2n) is 6.19. The van der Waals surface area contributed by atoms with Crippen LogP contribution in [-0.2, 0) is 9.59 Å². The summed E-state index contributed by atoms with van der Waals surface area (Å²) in [4.78, 5) is 23.3. The molecule has 2 aromatic carbocycles. The second-order valence-corrected chi connectivity index (χ2v) is 7.11. The molecule has 0 fully saturated rings. The maximum atomic E-state index is 12.6. The van der Waals surface area contributed by atoms with Gasteiger partial charge in [-0.15, -0.1) is 0 Å². The van der Waals surface area contributed by atoms with Crippen molar-refractivity contribution in [1.29, 1.82) is 0 Å². The van der Waals surface area contributed by atoms with Gasteiger partial charge in [-0.05, 0) is 42.7 Å². The van der Waals surface area contributed by atoms with Crippen LogP contribution in [-0.4, -0.2) is 16.9 Å². The SMILES string of the molecule is Cc1ccc(C2=CC(c3ccc(Br)cc3)N(C(=O)CCC(=O)[O-])N2)cc1. The predicted octanol–water partition coefficient (Wildman–Crippen LogP) is 2.72. The van der Waals surface area contributed by atoms with Gasteiger partial charge in [-0.25, -0.2) is 5.01 Å². The first kappa shape index (κ1) is 18.2. The molecule has 0 radical (unpaired) electrons. The molecule has 1 atom stereocenters. The number of nitrogens with zero attached hydrogens (tertiary/aromatic N) is 1. The molecule has 1 amide bonds. The van der Waals surface area contributed by atoms with Crippen molar-refractivity contribution in [2.75, 3.05) is 0 Å². The summed E-state index contributed by atoms with van der Waals surface area (Å²) in [6.07, 6.45) is 1.56. The van der Waals surface area contributed by atoms with Gasteiger partial charge in [0.2, 0.25) is 5.91 Å². The van der Waals surface area contributed by atoms with Crippen molar-refractivity contribution in [3.8, 4) is 0 Å². The number of amides is 1. The lowest BCUT2D eigenvalue weighted by atomic mass is 10.0. The van der Waals surface area contributed by atoms with E-state index in [9.17, 15) is 14.7 Å². The molecule has 2 aromatic rings. The van der Waals surface area contributed by atoms with Gasteiger partial charge in [0, 0.05) is 16.9 Å². The smallest absolute Gasteiger partial charge is 0.242 e. The molecule has 3 rings (SSSR count). The van der Waals surface area contributed by atoms with Gasteiger partial charge in [0.25, 0.3) is 0 Å². The molecule has 134 valence electrons. The fourth-order valence-corrected chi connectivity index (χ4v) is 3.08. The largest absolute Gasteiger partial charge is 0.550 e. The quantitative estimate of drug-likeness (QED) is 0.817. The highest BCUT2D eigenvalue weighted by molar-refractivity contribution is 9.10. The number of rotatable bonds is 5. The molecular formula is C20H18BrN2O3-. The Hall–Kier alpha value is -2.60. The third-order valence-electron chi connectivity index (χ3n) is 4.23. The summed E-state index contributed by atoms with van der Waals surface area (Å²) in [5.74, 6) is -1.52. The van der Waals surface area contributed by atoms with Crippen molar-refractivity contribution >= 4 is 33.5 Å². The van der Waals surface area contributed by atoms with E-state index in [0.717, 1.165) is 26.9 Å². The molecule has 26 heavy (non-hydrogen) atoms. The number of aliphatic carboxylic acids is 1. The van der Waals surface area contributed by atoms with Crippen molar-refractivity contribution in [2.45, 2.75) is 25.8 Å². The summed E-state index contributed by atoms with van der Waals surface area (Å²) < 4.78 is 0.949. The van der Waals surface area contributed by atoms with Gasteiger partial charge in [-0.3, -0.25) is 10.2 Å². The zero-order chi connectivity index (χ0) is 18.7. The van der Waals surface area contributed by atoms with Crippen LogP contribution in [0.1, 0.15) is 35.6 Å². The Labute approximate surface area is 160 Å². The zero-order valence-electron chi connectivity index (χ0n) is 14.2. The minimum Gasteiger partial charge on any atom is -0.550 e. The monoisotopic (exact) mass is 413 g/mol. The molecule has 1 heterocycles. The molecule has 6 heteroatoms. The lowest BCUT2D eigenvalue weighted by Crippen LogP contribution is -2.40. The number of benzene rings is 2. The Bertz CT molecular complexity index is 844. The van der Waals surface area contributed by atoms with Crippen molar-refractivity contribution in [3.63, 3.8) is 0 Å². The van der Waals surface area contributed by atoms with Crippen LogP contribution in [0.4, 0.5) is 0 Å². The highest BCUT2D eigenvalue weighted by Crippen LogP contribution is 2.32. The van der Waals surface area contributed by atoms with E-state index in [-0.39, 0.29) is 24.8 Å². The van der Waals surface area contributed by atoms with Gasteiger partial charge in [0.1, 0.15) is 0 Å². The lowest BCUT2D eigenvalue weighted by molar-refractivity contribution is -0.305. The first-order chi connectivity index (χ1) is 12.4. The standard InChI is InChI=1S/C20H19BrN2O3/c1-13-2-4-14(5-3-13)17-12-18(15-6-8-16(21)9-7-15)23(22-17)19(24)10-11-20(25)26/h2-9,12,18,22H,10-11H2,1H3,(H,25,26)/p-1. The molecule has 0 bridgehead atoms. The Morgan fingerprint density at radius 1 is 1.08 bits per heavy atom. The molecule has 1 aliphatic rings. The Balaban J connectivity index is 1.90. The normalized spacial score (nSPS) is 16.2. The van der Waals surface area contributed by atoms with E-state index in [0.29, 0.717) is 0 Å². The fourth-order valence-electron chi connectivity index (χ4n) is 2.82. The molecule has 0 saturated heterocycles. The summed E-state index contributed by atoms with van der Waals surface area (Å²) in [7, 11) is 0. The molecular weight excluding hydrogens is 396 g/mol. The third kappa shape index (κ3) is 4.14. The average molecular weight is 414 g/mol. The third-order valence-corrected chi connectivity index (χ3v) is 4.76. The topological polar surface area (TPSA) is 72.5 Å². The van der Waals surface area contributed by atoms with Crippen LogP contribution in [0.3, 0.4) is 0 Å². The lowest BCUT2D eigenvalue weighted by Gasteiger charge is -2.25. The molecule has 0 saturated carbocycles. The van der Waals surface area contributed by atoms with Gasteiger partial charge < -0.3 is 9.90 Å². The van der Waals surface area contributed by atoms with Crippen LogP contribution in [0.15, 0.2) is 59.1 Å². The van der Waals surface area contributed by atoms with Crippen molar-refractivity contribution in [3.05, 3.63) is 75.8 Å². The number of hydrogen-bond acceptors (Lipinski definition) is 4. The number of carbonyl (C=O) groups excluding carboxylic acids is 2. The number of nitrogens with one attached hydrogen (secondary N) is 1. The molecule has 1 unspecified atom stereocenters. The minimum atomic E-state index is -1.23. The average Bonchev–Trinajstić information content (AvgIpc) is 3.06. The van der Waals surface area contributed by atoms with Gasteiger partial charge in [0.15, 0.2) is 0 Å². The molecule has 5 nitrogen and oxygen atoms in total. The summed E-state index contributed by atoms with van der Waals surface area (Å²) in [5, 5.41) is 12.2. The number of aryl methyl sites for hydroxylation is 1. The minimum absolute atomic E-state index is 0.114. The predicted molar refractivity (Wildman–Crippen MR) is 100 cm³/mol. The first-order valence-corrected chi connectivity index (χ1v) is 9.06. The first-order valence-electron chi connectivity index (χ1n) is 8.27. The Morgan fingerprint density at radius 2 is 1.73 bits per heavy atom. The summed E-state index contributed by atoms with van der Waals surface area (Å²) in [6.45, 7) is 2.01. The van der Waals surface area contributed by atoms with Crippen molar-refractivity contribution < 1.29 is 14.7 Å². The molecule has 0 spiro atoms. The number of carbonyl (C=O) groups is 2. The van der Waals surface area contributed by atoms with Crippen LogP contribution in [0.5, 0.6) is 0 Å². The van der Waals surface area contributed by atoms with Crippen molar-refractivity contribution in [1.82, 2.24) is 10.4 Å². The van der Waals surface area contributed by atoms with Crippen LogP contribution < -0.4 is 10.5 Å². The number of carboxylic acid groups (broad SMARTS) is 1.